The summed E-state index contributed by atoms with van der Waals surface area (Å²) in [5.74, 6) is 4.94. The summed E-state index contributed by atoms with van der Waals surface area (Å²) in [6.07, 6.45) is 3.42. The van der Waals surface area contributed by atoms with Crippen LogP contribution in [0.15, 0.2) is 24.3 Å². The van der Waals surface area contributed by atoms with E-state index in [4.69, 9.17) is 5.84 Å². The van der Waals surface area contributed by atoms with Crippen LogP contribution >= 0.6 is 0 Å². The Morgan fingerprint density at radius 2 is 1.78 bits per heavy atom. The Labute approximate surface area is 110 Å². The summed E-state index contributed by atoms with van der Waals surface area (Å²) in [5.41, 5.74) is 5.04. The van der Waals surface area contributed by atoms with E-state index in [1.807, 2.05) is 0 Å². The van der Waals surface area contributed by atoms with Crippen LogP contribution in [-0.2, 0) is 16.6 Å². The van der Waals surface area contributed by atoms with Gasteiger partial charge >= 0.3 is 0 Å². The Morgan fingerprint density at radius 3 is 2.28 bits per heavy atom. The minimum Gasteiger partial charge on any atom is -0.294 e. The molecule has 3 heteroatoms. The molecule has 0 fully saturated rings. The molecule has 3 N–H and O–H groups in total. The van der Waals surface area contributed by atoms with Crippen molar-refractivity contribution >= 4 is 5.91 Å². The molecule has 100 valence electrons. The van der Waals surface area contributed by atoms with E-state index in [2.05, 4.69) is 50.5 Å². The molecule has 0 aliphatic rings. The van der Waals surface area contributed by atoms with Crippen molar-refractivity contribution in [3.8, 4) is 0 Å². The van der Waals surface area contributed by atoms with Gasteiger partial charge in [0.15, 0.2) is 0 Å². The molecule has 0 atom stereocenters. The third kappa shape index (κ3) is 4.88. The van der Waals surface area contributed by atoms with E-state index in [1.165, 1.54) is 11.1 Å². The fourth-order valence-electron chi connectivity index (χ4n) is 1.86. The third-order valence-corrected chi connectivity index (χ3v) is 3.10. The van der Waals surface area contributed by atoms with Crippen molar-refractivity contribution in [2.75, 3.05) is 0 Å². The minimum absolute atomic E-state index is 0.0851. The summed E-state index contributed by atoms with van der Waals surface area (Å²) in [6, 6.07) is 8.76. The van der Waals surface area contributed by atoms with E-state index in [9.17, 15) is 4.79 Å². The molecule has 0 spiro atoms. The highest BCUT2D eigenvalue weighted by Crippen LogP contribution is 2.22. The van der Waals surface area contributed by atoms with Gasteiger partial charge in [-0.05, 0) is 35.8 Å². The first-order chi connectivity index (χ1) is 8.43. The van der Waals surface area contributed by atoms with Gasteiger partial charge in [0, 0.05) is 6.42 Å². The summed E-state index contributed by atoms with van der Waals surface area (Å²) in [5, 5.41) is 0. The largest absolute Gasteiger partial charge is 0.294 e. The zero-order valence-corrected chi connectivity index (χ0v) is 11.6. The quantitative estimate of drug-likeness (QED) is 0.364. The Morgan fingerprint density at radius 1 is 1.17 bits per heavy atom. The molecule has 0 saturated carbocycles. The number of hydrogen-bond acceptors (Lipinski definition) is 2. The number of nitrogens with one attached hydrogen (secondary N) is 1. The zero-order chi connectivity index (χ0) is 13.6. The number of aryl methyl sites for hydroxylation is 1. The Kier molecular flexibility index (Phi) is 5.35. The first-order valence-electron chi connectivity index (χ1n) is 6.52. The van der Waals surface area contributed by atoms with Crippen molar-refractivity contribution in [3.05, 3.63) is 35.4 Å². The van der Waals surface area contributed by atoms with Crippen LogP contribution in [0.4, 0.5) is 0 Å². The van der Waals surface area contributed by atoms with E-state index < -0.39 is 0 Å². The smallest absolute Gasteiger partial charge is 0.233 e. The molecule has 0 aromatic heterocycles. The van der Waals surface area contributed by atoms with Crippen molar-refractivity contribution in [2.24, 2.45) is 5.84 Å². The molecule has 1 rings (SSSR count). The monoisotopic (exact) mass is 248 g/mol. The van der Waals surface area contributed by atoms with E-state index >= 15 is 0 Å². The molecule has 0 aliphatic heterocycles. The number of hydrazine groups is 1. The molecule has 0 saturated heterocycles. The number of nitrogens with two attached hydrogens (primary N) is 1. The predicted molar refractivity (Wildman–Crippen MR) is 75.0 cm³/mol. The maximum Gasteiger partial charge on any atom is 0.233 e. The van der Waals surface area contributed by atoms with Gasteiger partial charge in [-0.3, -0.25) is 10.2 Å². The molecule has 0 heterocycles. The van der Waals surface area contributed by atoms with Gasteiger partial charge in [-0.1, -0.05) is 45.0 Å². The lowest BCUT2D eigenvalue weighted by atomic mass is 9.86. The Balaban J connectivity index is 2.38. The van der Waals surface area contributed by atoms with Crippen LogP contribution in [-0.4, -0.2) is 5.91 Å². The van der Waals surface area contributed by atoms with Crippen LogP contribution in [0.25, 0.3) is 0 Å². The summed E-state index contributed by atoms with van der Waals surface area (Å²) in [4.78, 5) is 10.9. The number of rotatable bonds is 5. The highest BCUT2D eigenvalue weighted by molar-refractivity contribution is 5.75. The van der Waals surface area contributed by atoms with Crippen molar-refractivity contribution < 1.29 is 4.79 Å². The summed E-state index contributed by atoms with van der Waals surface area (Å²) >= 11 is 0. The molecule has 1 aromatic rings. The van der Waals surface area contributed by atoms with E-state index in [-0.39, 0.29) is 11.3 Å². The molecule has 0 bridgehead atoms. The van der Waals surface area contributed by atoms with Crippen molar-refractivity contribution in [2.45, 2.75) is 51.9 Å². The average Bonchev–Trinajstić information content (AvgIpc) is 2.33. The van der Waals surface area contributed by atoms with Crippen LogP contribution in [0, 0.1) is 0 Å². The number of hydrogen-bond donors (Lipinski definition) is 2. The number of carbonyl (C=O) groups is 1. The second kappa shape index (κ2) is 6.55. The van der Waals surface area contributed by atoms with Crippen molar-refractivity contribution in [1.82, 2.24) is 5.43 Å². The summed E-state index contributed by atoms with van der Waals surface area (Å²) in [6.45, 7) is 6.65. The van der Waals surface area contributed by atoms with Crippen molar-refractivity contribution in [1.29, 1.82) is 0 Å². The Hall–Kier alpha value is -1.35. The molecule has 1 aromatic carbocycles. The normalized spacial score (nSPS) is 11.3. The lowest BCUT2D eigenvalue weighted by molar-refractivity contribution is -0.121. The average molecular weight is 248 g/mol. The van der Waals surface area contributed by atoms with E-state index in [0.717, 1.165) is 19.3 Å². The van der Waals surface area contributed by atoms with Gasteiger partial charge in [0.2, 0.25) is 5.91 Å². The van der Waals surface area contributed by atoms with Gasteiger partial charge < -0.3 is 0 Å². The molecule has 0 radical (unpaired) electrons. The number of amides is 1. The predicted octanol–water partition coefficient (Wildman–Crippen LogP) is 2.69. The fourth-order valence-corrected chi connectivity index (χ4v) is 1.86. The molecule has 3 nitrogen and oxygen atoms in total. The highest BCUT2D eigenvalue weighted by Gasteiger charge is 2.12. The second-order valence-corrected chi connectivity index (χ2v) is 5.72. The van der Waals surface area contributed by atoms with Crippen molar-refractivity contribution in [3.63, 3.8) is 0 Å². The lowest BCUT2D eigenvalue weighted by Gasteiger charge is -2.19. The third-order valence-electron chi connectivity index (χ3n) is 3.10. The summed E-state index contributed by atoms with van der Waals surface area (Å²) in [7, 11) is 0. The molecular formula is C15H24N2O. The first kappa shape index (κ1) is 14.7. The topological polar surface area (TPSA) is 55.1 Å². The standard InChI is InChI=1S/C15H24N2O/c1-15(2,3)13-10-8-12(9-11-13)6-4-5-7-14(18)17-16/h8-11H,4-7,16H2,1-3H3,(H,17,18). The number of unbranched alkanes of at least 4 members (excludes halogenated alkanes) is 1. The molecule has 18 heavy (non-hydrogen) atoms. The van der Waals surface area contributed by atoms with Gasteiger partial charge in [0.25, 0.3) is 0 Å². The van der Waals surface area contributed by atoms with Crippen LogP contribution in [0.3, 0.4) is 0 Å². The summed E-state index contributed by atoms with van der Waals surface area (Å²) < 4.78 is 0. The highest BCUT2D eigenvalue weighted by atomic mass is 16.2. The Bertz CT molecular complexity index is 376. The maximum absolute atomic E-state index is 10.9. The van der Waals surface area contributed by atoms with E-state index in [1.54, 1.807) is 0 Å². The second-order valence-electron chi connectivity index (χ2n) is 5.72. The number of carbonyl (C=O) groups excluding carboxylic acids is 1. The SMILES string of the molecule is CC(C)(C)c1ccc(CCCCC(=O)NN)cc1. The number of benzene rings is 1. The van der Waals surface area contributed by atoms with Gasteiger partial charge in [-0.2, -0.15) is 0 Å². The lowest BCUT2D eigenvalue weighted by Crippen LogP contribution is -2.29. The van der Waals surface area contributed by atoms with Gasteiger partial charge in [0.05, 0.1) is 0 Å². The molecule has 1 amide bonds. The maximum atomic E-state index is 10.9. The van der Waals surface area contributed by atoms with Crippen LogP contribution < -0.4 is 11.3 Å². The molecule has 0 aliphatic carbocycles. The van der Waals surface area contributed by atoms with Gasteiger partial charge in [-0.25, -0.2) is 5.84 Å². The minimum atomic E-state index is -0.0851. The van der Waals surface area contributed by atoms with Crippen LogP contribution in [0.1, 0.15) is 51.2 Å². The first-order valence-corrected chi connectivity index (χ1v) is 6.52. The van der Waals surface area contributed by atoms with Crippen LogP contribution in [0.5, 0.6) is 0 Å². The van der Waals surface area contributed by atoms with E-state index in [0.29, 0.717) is 6.42 Å². The molecule has 0 unspecified atom stereocenters. The van der Waals surface area contributed by atoms with Crippen LogP contribution in [0.2, 0.25) is 0 Å². The zero-order valence-electron chi connectivity index (χ0n) is 11.6. The molecular weight excluding hydrogens is 224 g/mol. The fraction of sp³-hybridized carbons (Fsp3) is 0.533. The van der Waals surface area contributed by atoms with Gasteiger partial charge in [0.1, 0.15) is 0 Å². The van der Waals surface area contributed by atoms with Gasteiger partial charge in [-0.15, -0.1) is 0 Å².